The van der Waals surface area contributed by atoms with Crippen molar-refractivity contribution in [1.82, 2.24) is 9.88 Å². The molecule has 104 valence electrons. The van der Waals surface area contributed by atoms with Crippen molar-refractivity contribution >= 4 is 16.8 Å². The van der Waals surface area contributed by atoms with Gasteiger partial charge in [-0.2, -0.15) is 0 Å². The van der Waals surface area contributed by atoms with Gasteiger partial charge in [-0.25, -0.2) is 0 Å². The predicted molar refractivity (Wildman–Crippen MR) is 77.6 cm³/mol. The Kier molecular flexibility index (Phi) is 3.40. The zero-order valence-corrected chi connectivity index (χ0v) is 11.5. The van der Waals surface area contributed by atoms with Crippen molar-refractivity contribution < 1.29 is 9.90 Å². The van der Waals surface area contributed by atoms with Gasteiger partial charge in [-0.3, -0.25) is 9.78 Å². The van der Waals surface area contributed by atoms with Crippen molar-refractivity contribution in [2.24, 2.45) is 0 Å². The molecule has 1 aromatic carbocycles. The van der Waals surface area contributed by atoms with Crippen LogP contribution in [0.5, 0.6) is 0 Å². The maximum absolute atomic E-state index is 12.7. The molecular weight excluding hydrogens is 252 g/mol. The van der Waals surface area contributed by atoms with Crippen LogP contribution in [-0.2, 0) is 0 Å². The van der Waals surface area contributed by atoms with Crippen LogP contribution in [0.1, 0.15) is 28.9 Å². The van der Waals surface area contributed by atoms with Gasteiger partial charge in [0.25, 0.3) is 5.91 Å². The minimum Gasteiger partial charge on any atom is -0.394 e. The van der Waals surface area contributed by atoms with E-state index in [0.29, 0.717) is 12.1 Å². The minimum atomic E-state index is -0.0532. The van der Waals surface area contributed by atoms with E-state index >= 15 is 0 Å². The molecule has 0 bridgehead atoms. The summed E-state index contributed by atoms with van der Waals surface area (Å²) in [6, 6.07) is 9.56. The number of para-hydroxylation sites is 1. The molecule has 3 rings (SSSR count). The lowest BCUT2D eigenvalue weighted by Gasteiger charge is -2.23. The molecule has 0 unspecified atom stereocenters. The van der Waals surface area contributed by atoms with Gasteiger partial charge in [0.15, 0.2) is 0 Å². The average molecular weight is 270 g/mol. The van der Waals surface area contributed by atoms with Crippen molar-refractivity contribution in [3.8, 4) is 0 Å². The van der Waals surface area contributed by atoms with Crippen LogP contribution in [0.3, 0.4) is 0 Å². The van der Waals surface area contributed by atoms with Gasteiger partial charge in [0, 0.05) is 17.6 Å². The van der Waals surface area contributed by atoms with Crippen molar-refractivity contribution in [3.63, 3.8) is 0 Å². The molecule has 0 aliphatic carbocycles. The fourth-order valence-electron chi connectivity index (χ4n) is 2.86. The molecule has 1 fully saturated rings. The highest BCUT2D eigenvalue weighted by Crippen LogP contribution is 2.23. The second kappa shape index (κ2) is 5.21. The number of nitrogens with zero attached hydrogens (tertiary/aromatic N) is 2. The Bertz CT molecular complexity index is 654. The maximum atomic E-state index is 12.7. The molecule has 0 spiro atoms. The molecule has 1 saturated heterocycles. The summed E-state index contributed by atoms with van der Waals surface area (Å²) in [5.74, 6) is -0.0229. The summed E-state index contributed by atoms with van der Waals surface area (Å²) in [7, 11) is 0. The van der Waals surface area contributed by atoms with Gasteiger partial charge in [-0.05, 0) is 31.9 Å². The Morgan fingerprint density at radius 2 is 2.25 bits per heavy atom. The highest BCUT2D eigenvalue weighted by molar-refractivity contribution is 6.05. The van der Waals surface area contributed by atoms with Gasteiger partial charge < -0.3 is 10.0 Å². The summed E-state index contributed by atoms with van der Waals surface area (Å²) < 4.78 is 0. The maximum Gasteiger partial charge on any atom is 0.256 e. The number of carbonyl (C=O) groups is 1. The lowest BCUT2D eigenvalue weighted by Crippen LogP contribution is -2.37. The van der Waals surface area contributed by atoms with E-state index < -0.39 is 0 Å². The lowest BCUT2D eigenvalue weighted by atomic mass is 10.1. The zero-order valence-electron chi connectivity index (χ0n) is 11.5. The number of fused-ring (bicyclic) bond motifs is 1. The first-order valence-corrected chi connectivity index (χ1v) is 6.99. The van der Waals surface area contributed by atoms with Crippen molar-refractivity contribution in [3.05, 3.63) is 41.6 Å². The normalized spacial score (nSPS) is 18.7. The second-order valence-electron chi connectivity index (χ2n) is 5.31. The predicted octanol–water partition coefficient (Wildman–Crippen LogP) is 2.14. The smallest absolute Gasteiger partial charge is 0.256 e. The molecule has 0 saturated carbocycles. The zero-order chi connectivity index (χ0) is 14.1. The molecule has 1 aliphatic rings. The van der Waals surface area contributed by atoms with Gasteiger partial charge >= 0.3 is 0 Å². The molecule has 1 aromatic heterocycles. The first-order chi connectivity index (χ1) is 9.70. The quantitative estimate of drug-likeness (QED) is 0.909. The second-order valence-corrected chi connectivity index (χ2v) is 5.31. The Labute approximate surface area is 118 Å². The summed E-state index contributed by atoms with van der Waals surface area (Å²) in [6.07, 6.45) is 1.83. The van der Waals surface area contributed by atoms with Gasteiger partial charge in [0.2, 0.25) is 0 Å². The molecule has 4 nitrogen and oxygen atoms in total. The monoisotopic (exact) mass is 270 g/mol. The molecule has 1 aliphatic heterocycles. The van der Waals surface area contributed by atoms with Crippen LogP contribution >= 0.6 is 0 Å². The number of pyridine rings is 1. The van der Waals surface area contributed by atoms with Crippen LogP contribution in [0, 0.1) is 6.92 Å². The van der Waals surface area contributed by atoms with E-state index in [0.717, 1.165) is 29.4 Å². The molecule has 1 atom stereocenters. The summed E-state index contributed by atoms with van der Waals surface area (Å²) >= 11 is 0. The molecule has 1 amide bonds. The van der Waals surface area contributed by atoms with Crippen molar-refractivity contribution in [2.75, 3.05) is 13.2 Å². The Morgan fingerprint density at radius 1 is 1.40 bits per heavy atom. The molecular formula is C16H18N2O2. The first-order valence-electron chi connectivity index (χ1n) is 6.99. The SMILES string of the molecule is Cc1ccc2cccc(C(=O)N3CCC[C@@H]3CO)c2n1. The topological polar surface area (TPSA) is 53.4 Å². The number of aromatic nitrogens is 1. The Balaban J connectivity index is 2.05. The summed E-state index contributed by atoms with van der Waals surface area (Å²) in [5, 5.41) is 10.4. The number of amides is 1. The van der Waals surface area contributed by atoms with Crippen molar-refractivity contribution in [2.45, 2.75) is 25.8 Å². The van der Waals surface area contributed by atoms with E-state index in [-0.39, 0.29) is 18.6 Å². The van der Waals surface area contributed by atoms with E-state index in [1.807, 2.05) is 37.3 Å². The van der Waals surface area contributed by atoms with Gasteiger partial charge in [-0.15, -0.1) is 0 Å². The van der Waals surface area contributed by atoms with Crippen LogP contribution in [-0.4, -0.2) is 40.1 Å². The molecule has 0 radical (unpaired) electrons. The third-order valence-electron chi connectivity index (χ3n) is 3.94. The number of hydrogen-bond donors (Lipinski definition) is 1. The Morgan fingerprint density at radius 3 is 3.05 bits per heavy atom. The summed E-state index contributed by atoms with van der Waals surface area (Å²) in [6.45, 7) is 2.67. The number of benzene rings is 1. The van der Waals surface area contributed by atoms with E-state index in [9.17, 15) is 9.90 Å². The standard InChI is InChI=1S/C16H18N2O2/c1-11-7-8-12-4-2-6-14(15(12)17-11)16(20)18-9-3-5-13(18)10-19/h2,4,6-8,13,19H,3,5,9-10H2,1H3/t13-/m1/s1. The van der Waals surface area contributed by atoms with Gasteiger partial charge in [-0.1, -0.05) is 18.2 Å². The number of hydrogen-bond acceptors (Lipinski definition) is 3. The van der Waals surface area contributed by atoms with Crippen LogP contribution < -0.4 is 0 Å². The van der Waals surface area contributed by atoms with Gasteiger partial charge in [0.1, 0.15) is 0 Å². The molecule has 2 heterocycles. The summed E-state index contributed by atoms with van der Waals surface area (Å²) in [4.78, 5) is 19.0. The number of likely N-dealkylation sites (tertiary alicyclic amines) is 1. The average Bonchev–Trinajstić information content (AvgIpc) is 2.94. The molecule has 1 N–H and O–H groups in total. The highest BCUT2D eigenvalue weighted by atomic mass is 16.3. The van der Waals surface area contributed by atoms with E-state index in [2.05, 4.69) is 4.98 Å². The lowest BCUT2D eigenvalue weighted by molar-refractivity contribution is 0.0679. The van der Waals surface area contributed by atoms with Crippen LogP contribution in [0.25, 0.3) is 10.9 Å². The van der Waals surface area contributed by atoms with Gasteiger partial charge in [0.05, 0.1) is 23.7 Å². The number of aliphatic hydroxyl groups excluding tert-OH is 1. The van der Waals surface area contributed by atoms with Crippen LogP contribution in [0.15, 0.2) is 30.3 Å². The van der Waals surface area contributed by atoms with E-state index in [4.69, 9.17) is 0 Å². The van der Waals surface area contributed by atoms with Crippen molar-refractivity contribution in [1.29, 1.82) is 0 Å². The number of aliphatic hydroxyl groups is 1. The van der Waals surface area contributed by atoms with Crippen LogP contribution in [0.2, 0.25) is 0 Å². The van der Waals surface area contributed by atoms with Crippen LogP contribution in [0.4, 0.5) is 0 Å². The third kappa shape index (κ3) is 2.16. The number of carbonyl (C=O) groups excluding carboxylic acids is 1. The largest absolute Gasteiger partial charge is 0.394 e. The van der Waals surface area contributed by atoms with E-state index in [1.165, 1.54) is 0 Å². The fraction of sp³-hybridized carbons (Fsp3) is 0.375. The van der Waals surface area contributed by atoms with E-state index in [1.54, 1.807) is 4.90 Å². The minimum absolute atomic E-state index is 0.0229. The molecule has 4 heteroatoms. The fourth-order valence-corrected chi connectivity index (χ4v) is 2.86. The third-order valence-corrected chi connectivity index (χ3v) is 3.94. The molecule has 2 aromatic rings. The number of aryl methyl sites for hydroxylation is 1. The highest BCUT2D eigenvalue weighted by Gasteiger charge is 2.29. The summed E-state index contributed by atoms with van der Waals surface area (Å²) in [5.41, 5.74) is 2.28. The number of rotatable bonds is 2. The first kappa shape index (κ1) is 13.1. The molecule has 20 heavy (non-hydrogen) atoms. The Hall–Kier alpha value is -1.94.